The van der Waals surface area contributed by atoms with Crippen molar-refractivity contribution in [3.63, 3.8) is 0 Å². The zero-order valence-electron chi connectivity index (χ0n) is 16.7. The molecule has 0 aliphatic carbocycles. The Balaban J connectivity index is 1.74. The van der Waals surface area contributed by atoms with Crippen molar-refractivity contribution in [2.45, 2.75) is 25.3 Å². The zero-order valence-corrected chi connectivity index (χ0v) is 16.7. The van der Waals surface area contributed by atoms with E-state index in [1.807, 2.05) is 30.3 Å². The van der Waals surface area contributed by atoms with Gasteiger partial charge in [-0.15, -0.1) is 0 Å². The molecule has 1 saturated heterocycles. The minimum atomic E-state index is -1.05. The Bertz CT molecular complexity index is 928. The number of benzene rings is 2. The molecule has 3 amide bonds. The number of nitrogens with zero attached hydrogens (tertiary/aromatic N) is 1. The van der Waals surface area contributed by atoms with Gasteiger partial charge in [0.25, 0.3) is 5.91 Å². The first-order chi connectivity index (χ1) is 13.9. The van der Waals surface area contributed by atoms with Crippen LogP contribution in [0.25, 0.3) is 0 Å². The summed E-state index contributed by atoms with van der Waals surface area (Å²) in [5, 5.41) is 2.74. The summed E-state index contributed by atoms with van der Waals surface area (Å²) in [5.41, 5.74) is 0.280. The molecule has 29 heavy (non-hydrogen) atoms. The maximum atomic E-state index is 12.9. The summed E-state index contributed by atoms with van der Waals surface area (Å²) >= 11 is 0. The van der Waals surface area contributed by atoms with Crippen LogP contribution in [-0.2, 0) is 11.2 Å². The van der Waals surface area contributed by atoms with E-state index < -0.39 is 23.3 Å². The van der Waals surface area contributed by atoms with Gasteiger partial charge >= 0.3 is 6.03 Å². The van der Waals surface area contributed by atoms with Crippen LogP contribution in [0.3, 0.4) is 0 Å². The number of imide groups is 1. The number of methoxy groups -OCH3 is 2. The number of rotatable bonds is 8. The molecule has 3 rings (SSSR count). The van der Waals surface area contributed by atoms with Crippen molar-refractivity contribution in [2.24, 2.45) is 0 Å². The van der Waals surface area contributed by atoms with E-state index in [9.17, 15) is 14.4 Å². The van der Waals surface area contributed by atoms with Crippen LogP contribution in [-0.4, -0.2) is 48.9 Å². The Labute approximate surface area is 169 Å². The second-order valence-corrected chi connectivity index (χ2v) is 7.13. The van der Waals surface area contributed by atoms with E-state index in [1.54, 1.807) is 19.1 Å². The maximum absolute atomic E-state index is 12.9. The number of ether oxygens (including phenoxy) is 2. The van der Waals surface area contributed by atoms with Crippen LogP contribution in [0.1, 0.15) is 29.3 Å². The third kappa shape index (κ3) is 4.23. The zero-order chi connectivity index (χ0) is 21.0. The van der Waals surface area contributed by atoms with Crippen molar-refractivity contribution in [3.8, 4) is 11.5 Å². The first-order valence-corrected chi connectivity index (χ1v) is 9.31. The second kappa shape index (κ2) is 8.34. The number of amides is 3. The number of nitrogens with one attached hydrogen (secondary N) is 1. The average Bonchev–Trinajstić information content (AvgIpc) is 2.95. The van der Waals surface area contributed by atoms with Crippen LogP contribution in [0.15, 0.2) is 48.5 Å². The molecule has 7 heteroatoms. The van der Waals surface area contributed by atoms with Gasteiger partial charge in [-0.25, -0.2) is 4.79 Å². The number of carbonyl (C=O) groups is 3. The summed E-state index contributed by atoms with van der Waals surface area (Å²) in [5.74, 6) is 0.0268. The predicted octanol–water partition coefficient (Wildman–Crippen LogP) is 2.83. The standard InChI is InChI=1S/C22H24N2O5/c1-22(12-11-15-7-5-4-6-8-15)20(26)24(21(27)23-22)14-18(25)17-13-16(28-2)9-10-19(17)29-3/h4-10,13H,11-12,14H2,1-3H3,(H,23,27)/t22-/m0/s1. The molecule has 0 saturated carbocycles. The Morgan fingerprint density at radius 2 is 1.79 bits per heavy atom. The molecule has 0 bridgehead atoms. The molecule has 1 heterocycles. The quantitative estimate of drug-likeness (QED) is 0.548. The lowest BCUT2D eigenvalue weighted by Crippen LogP contribution is -2.44. The fraction of sp³-hybridized carbons (Fsp3) is 0.318. The fourth-order valence-corrected chi connectivity index (χ4v) is 3.36. The molecule has 1 aliphatic heterocycles. The molecule has 1 fully saturated rings. The van der Waals surface area contributed by atoms with Crippen molar-refractivity contribution in [1.82, 2.24) is 10.2 Å². The van der Waals surface area contributed by atoms with Crippen molar-refractivity contribution >= 4 is 17.7 Å². The summed E-state index contributed by atoms with van der Waals surface area (Å²) in [6.45, 7) is 1.32. The molecule has 1 aliphatic rings. The van der Waals surface area contributed by atoms with Crippen LogP contribution in [0, 0.1) is 0 Å². The summed E-state index contributed by atoms with van der Waals surface area (Å²) in [6.07, 6.45) is 1.07. The molecule has 1 atom stereocenters. The lowest BCUT2D eigenvalue weighted by atomic mass is 9.93. The number of carbonyl (C=O) groups excluding carboxylic acids is 3. The van der Waals surface area contributed by atoms with Crippen molar-refractivity contribution in [3.05, 3.63) is 59.7 Å². The summed E-state index contributed by atoms with van der Waals surface area (Å²) in [6, 6.07) is 14.0. The van der Waals surface area contributed by atoms with Gasteiger partial charge < -0.3 is 14.8 Å². The molecular weight excluding hydrogens is 372 g/mol. The third-order valence-electron chi connectivity index (χ3n) is 5.11. The Kier molecular flexibility index (Phi) is 5.87. The van der Waals surface area contributed by atoms with Crippen LogP contribution >= 0.6 is 0 Å². The average molecular weight is 396 g/mol. The van der Waals surface area contributed by atoms with Gasteiger partial charge in [-0.05, 0) is 43.5 Å². The maximum Gasteiger partial charge on any atom is 0.325 e. The van der Waals surface area contributed by atoms with Gasteiger partial charge in [-0.3, -0.25) is 14.5 Å². The number of hydrogen-bond donors (Lipinski definition) is 1. The monoisotopic (exact) mass is 396 g/mol. The number of Topliss-reactive ketones (excluding diaryl/α,β-unsaturated/α-hetero) is 1. The van der Waals surface area contributed by atoms with Gasteiger partial charge in [0.1, 0.15) is 17.0 Å². The van der Waals surface area contributed by atoms with Crippen LogP contribution in [0.5, 0.6) is 11.5 Å². The number of ketones is 1. The van der Waals surface area contributed by atoms with Crippen LogP contribution in [0.4, 0.5) is 4.79 Å². The van der Waals surface area contributed by atoms with Gasteiger partial charge in [-0.1, -0.05) is 30.3 Å². The fourth-order valence-electron chi connectivity index (χ4n) is 3.36. The van der Waals surface area contributed by atoms with E-state index in [1.165, 1.54) is 20.3 Å². The van der Waals surface area contributed by atoms with Gasteiger partial charge in [0.15, 0.2) is 5.78 Å². The highest BCUT2D eigenvalue weighted by Gasteiger charge is 2.47. The summed E-state index contributed by atoms with van der Waals surface area (Å²) < 4.78 is 10.4. The number of hydrogen-bond acceptors (Lipinski definition) is 5. The van der Waals surface area contributed by atoms with E-state index in [2.05, 4.69) is 5.32 Å². The molecule has 0 radical (unpaired) electrons. The predicted molar refractivity (Wildman–Crippen MR) is 107 cm³/mol. The molecule has 0 spiro atoms. The highest BCUT2D eigenvalue weighted by Crippen LogP contribution is 2.27. The Morgan fingerprint density at radius 3 is 2.45 bits per heavy atom. The van der Waals surface area contributed by atoms with E-state index in [-0.39, 0.29) is 12.1 Å². The van der Waals surface area contributed by atoms with E-state index >= 15 is 0 Å². The largest absolute Gasteiger partial charge is 0.497 e. The first kappa shape index (κ1) is 20.4. The SMILES string of the molecule is COc1ccc(OC)c(C(=O)CN2C(=O)N[C@@](C)(CCc3ccccc3)C2=O)c1. The highest BCUT2D eigenvalue weighted by molar-refractivity contribution is 6.11. The second-order valence-electron chi connectivity index (χ2n) is 7.13. The van der Waals surface area contributed by atoms with Crippen molar-refractivity contribution < 1.29 is 23.9 Å². The number of aryl methyl sites for hydroxylation is 1. The van der Waals surface area contributed by atoms with E-state index in [0.29, 0.717) is 24.3 Å². The number of urea groups is 1. The van der Waals surface area contributed by atoms with E-state index in [4.69, 9.17) is 9.47 Å². The van der Waals surface area contributed by atoms with Gasteiger partial charge in [-0.2, -0.15) is 0 Å². The minimum Gasteiger partial charge on any atom is -0.497 e. The smallest absolute Gasteiger partial charge is 0.325 e. The highest BCUT2D eigenvalue weighted by atomic mass is 16.5. The minimum absolute atomic E-state index is 0.255. The molecule has 1 N–H and O–H groups in total. The van der Waals surface area contributed by atoms with E-state index in [0.717, 1.165) is 10.5 Å². The van der Waals surface area contributed by atoms with Crippen molar-refractivity contribution in [2.75, 3.05) is 20.8 Å². The lowest BCUT2D eigenvalue weighted by Gasteiger charge is -2.21. The summed E-state index contributed by atoms with van der Waals surface area (Å²) in [7, 11) is 2.94. The van der Waals surface area contributed by atoms with Gasteiger partial charge in [0.2, 0.25) is 0 Å². The molecule has 0 unspecified atom stereocenters. The lowest BCUT2D eigenvalue weighted by molar-refractivity contribution is -0.130. The molecular formula is C22H24N2O5. The third-order valence-corrected chi connectivity index (χ3v) is 5.11. The molecule has 2 aromatic carbocycles. The molecule has 0 aromatic heterocycles. The van der Waals surface area contributed by atoms with Gasteiger partial charge in [0, 0.05) is 0 Å². The Morgan fingerprint density at radius 1 is 1.07 bits per heavy atom. The molecule has 7 nitrogen and oxygen atoms in total. The van der Waals surface area contributed by atoms with Gasteiger partial charge in [0.05, 0.1) is 26.3 Å². The topological polar surface area (TPSA) is 84.9 Å². The van der Waals surface area contributed by atoms with Crippen LogP contribution in [0.2, 0.25) is 0 Å². The normalized spacial score (nSPS) is 18.5. The summed E-state index contributed by atoms with van der Waals surface area (Å²) in [4.78, 5) is 39.2. The van der Waals surface area contributed by atoms with Crippen LogP contribution < -0.4 is 14.8 Å². The van der Waals surface area contributed by atoms with Crippen molar-refractivity contribution in [1.29, 1.82) is 0 Å². The molecule has 152 valence electrons. The first-order valence-electron chi connectivity index (χ1n) is 9.31. The molecule has 2 aromatic rings. The Hall–Kier alpha value is -3.35.